The number of hydrogen-bond acceptors (Lipinski definition) is 4. The van der Waals surface area contributed by atoms with Crippen LogP contribution in [0.1, 0.15) is 26.4 Å². The Morgan fingerprint density at radius 2 is 1.61 bits per heavy atom. The highest BCUT2D eigenvalue weighted by atomic mass is 32.1. The summed E-state index contributed by atoms with van der Waals surface area (Å²) in [6.45, 7) is -0.598. The van der Waals surface area contributed by atoms with Crippen molar-refractivity contribution in [3.63, 3.8) is 0 Å². The van der Waals surface area contributed by atoms with Crippen molar-refractivity contribution < 1.29 is 40.7 Å². The number of carbonyl (C=O) groups excluding carboxylic acids is 2. The van der Waals surface area contributed by atoms with Crippen molar-refractivity contribution in [3.8, 4) is 0 Å². The van der Waals surface area contributed by atoms with Crippen LogP contribution in [-0.4, -0.2) is 25.0 Å². The molecule has 1 aromatic heterocycles. The third kappa shape index (κ3) is 6.25. The molecule has 0 aliphatic rings. The number of rotatable bonds is 6. The second-order valence-electron chi connectivity index (χ2n) is 5.55. The number of carbonyl (C=O) groups is 2. The van der Waals surface area contributed by atoms with Crippen LogP contribution in [0.3, 0.4) is 0 Å². The van der Waals surface area contributed by atoms with E-state index >= 15 is 0 Å². The number of nitrogens with one attached hydrogen (secondary N) is 1. The largest absolute Gasteiger partial charge is 0.452 e. The van der Waals surface area contributed by atoms with E-state index in [2.05, 4.69) is 10.1 Å². The van der Waals surface area contributed by atoms with Gasteiger partial charge in [0.25, 0.3) is 5.91 Å². The molecule has 0 saturated carbocycles. The number of esters is 1. The van der Waals surface area contributed by atoms with Gasteiger partial charge < -0.3 is 10.1 Å². The topological polar surface area (TPSA) is 55.4 Å². The van der Waals surface area contributed by atoms with Gasteiger partial charge in [0.1, 0.15) is 0 Å². The quantitative estimate of drug-likeness (QED) is 0.555. The summed E-state index contributed by atoms with van der Waals surface area (Å²) >= 11 is 1.48. The van der Waals surface area contributed by atoms with E-state index in [1.807, 2.05) is 17.5 Å². The first-order chi connectivity index (χ1) is 13.0. The Balaban J connectivity index is 1.99. The summed E-state index contributed by atoms with van der Waals surface area (Å²) in [5.74, 6) is -2.20. The average molecular weight is 425 g/mol. The van der Waals surface area contributed by atoms with Crippen LogP contribution in [0.25, 0.3) is 0 Å². The predicted octanol–water partition coefficient (Wildman–Crippen LogP) is 4.30. The number of benzene rings is 1. The van der Waals surface area contributed by atoms with E-state index in [4.69, 9.17) is 0 Å². The molecule has 2 aromatic rings. The zero-order valence-electron chi connectivity index (χ0n) is 14.0. The van der Waals surface area contributed by atoms with Gasteiger partial charge in [0, 0.05) is 11.4 Å². The summed E-state index contributed by atoms with van der Waals surface area (Å²) in [6.07, 6.45) is -9.65. The van der Waals surface area contributed by atoms with Gasteiger partial charge in [-0.05, 0) is 36.1 Å². The number of thiophene rings is 1. The summed E-state index contributed by atoms with van der Waals surface area (Å²) < 4.78 is 81.3. The monoisotopic (exact) mass is 425 g/mol. The molecule has 1 heterocycles. The molecule has 152 valence electrons. The molecule has 4 nitrogen and oxygen atoms in total. The molecule has 0 radical (unpaired) electrons. The molecular formula is C17H13F6NO3S. The van der Waals surface area contributed by atoms with E-state index < -0.39 is 47.5 Å². The molecule has 1 amide bonds. The molecule has 0 saturated heterocycles. The summed E-state index contributed by atoms with van der Waals surface area (Å²) in [6, 6.07) is 4.06. The van der Waals surface area contributed by atoms with Gasteiger partial charge in [0.2, 0.25) is 0 Å². The average Bonchev–Trinajstić information content (AvgIpc) is 3.11. The highest BCUT2D eigenvalue weighted by Gasteiger charge is 2.37. The Morgan fingerprint density at radius 3 is 2.11 bits per heavy atom. The van der Waals surface area contributed by atoms with Crippen molar-refractivity contribution in [1.29, 1.82) is 0 Å². The lowest BCUT2D eigenvalue weighted by Gasteiger charge is -2.14. The van der Waals surface area contributed by atoms with Gasteiger partial charge in [-0.3, -0.25) is 4.79 Å². The Hall–Kier alpha value is -2.56. The molecule has 0 fully saturated rings. The standard InChI is InChI=1S/C17H13F6NO3S/c18-16(19,20)11-6-10(7-12(8-11)17(21,22)23)15(26)27-9-14(25)24-4-3-13-2-1-5-28-13/h1-2,5-8H,3-4,9H2,(H,24,25). The van der Waals surface area contributed by atoms with E-state index in [1.54, 1.807) is 0 Å². The van der Waals surface area contributed by atoms with Gasteiger partial charge in [-0.15, -0.1) is 11.3 Å². The zero-order chi connectivity index (χ0) is 20.9. The van der Waals surface area contributed by atoms with Crippen LogP contribution in [0.2, 0.25) is 0 Å². The molecule has 11 heteroatoms. The van der Waals surface area contributed by atoms with Gasteiger partial charge in [0.05, 0.1) is 16.7 Å². The van der Waals surface area contributed by atoms with Crippen LogP contribution in [0.4, 0.5) is 26.3 Å². The van der Waals surface area contributed by atoms with Gasteiger partial charge in [0.15, 0.2) is 6.61 Å². The van der Waals surface area contributed by atoms with Crippen molar-refractivity contribution in [3.05, 3.63) is 57.3 Å². The van der Waals surface area contributed by atoms with Gasteiger partial charge in [-0.2, -0.15) is 26.3 Å². The maximum atomic E-state index is 12.8. The van der Waals surface area contributed by atoms with Gasteiger partial charge in [-0.1, -0.05) is 6.07 Å². The van der Waals surface area contributed by atoms with E-state index in [-0.39, 0.29) is 24.7 Å². The van der Waals surface area contributed by atoms with Crippen molar-refractivity contribution in [1.82, 2.24) is 5.32 Å². The van der Waals surface area contributed by atoms with E-state index in [9.17, 15) is 35.9 Å². The summed E-state index contributed by atoms with van der Waals surface area (Å²) in [4.78, 5) is 24.4. The van der Waals surface area contributed by atoms with Crippen LogP contribution in [0.5, 0.6) is 0 Å². The third-order valence-electron chi connectivity index (χ3n) is 3.43. The highest BCUT2D eigenvalue weighted by Crippen LogP contribution is 2.36. The first kappa shape index (κ1) is 21.7. The first-order valence-electron chi connectivity index (χ1n) is 7.72. The third-order valence-corrected chi connectivity index (χ3v) is 4.37. The minimum atomic E-state index is -5.09. The number of alkyl halides is 6. The highest BCUT2D eigenvalue weighted by molar-refractivity contribution is 7.09. The molecule has 1 N–H and O–H groups in total. The second-order valence-corrected chi connectivity index (χ2v) is 6.58. The molecule has 0 aliphatic carbocycles. The van der Waals surface area contributed by atoms with Crippen molar-refractivity contribution in [2.24, 2.45) is 0 Å². The van der Waals surface area contributed by atoms with E-state index in [0.29, 0.717) is 6.42 Å². The number of hydrogen-bond donors (Lipinski definition) is 1. The molecule has 0 unspecified atom stereocenters. The van der Waals surface area contributed by atoms with E-state index in [1.165, 1.54) is 11.3 Å². The SMILES string of the molecule is O=C(COC(=O)c1cc(C(F)(F)F)cc(C(F)(F)F)c1)NCCc1cccs1. The van der Waals surface area contributed by atoms with Crippen LogP contribution in [0.15, 0.2) is 35.7 Å². The molecule has 0 spiro atoms. The van der Waals surface area contributed by atoms with Crippen molar-refractivity contribution in [2.75, 3.05) is 13.2 Å². The molecule has 28 heavy (non-hydrogen) atoms. The Bertz CT molecular complexity index is 798. The smallest absolute Gasteiger partial charge is 0.416 e. The number of ether oxygens (including phenoxy) is 1. The molecule has 0 aliphatic heterocycles. The number of amides is 1. The Labute approximate surface area is 159 Å². The molecule has 1 aromatic carbocycles. The predicted molar refractivity (Wildman–Crippen MR) is 87.8 cm³/mol. The van der Waals surface area contributed by atoms with Crippen molar-refractivity contribution in [2.45, 2.75) is 18.8 Å². The molecule has 0 atom stereocenters. The number of halogens is 6. The fourth-order valence-electron chi connectivity index (χ4n) is 2.12. The normalized spacial score (nSPS) is 11.9. The lowest BCUT2D eigenvalue weighted by Crippen LogP contribution is -2.30. The van der Waals surface area contributed by atoms with E-state index in [0.717, 1.165) is 4.88 Å². The Morgan fingerprint density at radius 1 is 1.00 bits per heavy atom. The van der Waals surface area contributed by atoms with Crippen LogP contribution in [-0.2, 0) is 28.3 Å². The maximum absolute atomic E-state index is 12.8. The summed E-state index contributed by atoms with van der Waals surface area (Å²) in [7, 11) is 0. The maximum Gasteiger partial charge on any atom is 0.416 e. The lowest BCUT2D eigenvalue weighted by atomic mass is 10.0. The zero-order valence-corrected chi connectivity index (χ0v) is 14.8. The van der Waals surface area contributed by atoms with Crippen molar-refractivity contribution >= 4 is 23.2 Å². The molecule has 0 bridgehead atoms. The fraction of sp³-hybridized carbons (Fsp3) is 0.294. The van der Waals surface area contributed by atoms with Gasteiger partial charge >= 0.3 is 18.3 Å². The molecular weight excluding hydrogens is 412 g/mol. The van der Waals surface area contributed by atoms with Gasteiger partial charge in [-0.25, -0.2) is 4.79 Å². The second kappa shape index (κ2) is 8.63. The minimum absolute atomic E-state index is 0.103. The lowest BCUT2D eigenvalue weighted by molar-refractivity contribution is -0.143. The van der Waals surface area contributed by atoms with Crippen LogP contribution >= 0.6 is 11.3 Å². The first-order valence-corrected chi connectivity index (χ1v) is 8.60. The fourth-order valence-corrected chi connectivity index (χ4v) is 2.83. The Kier molecular flexibility index (Phi) is 6.70. The molecule has 2 rings (SSSR count). The summed E-state index contributed by atoms with van der Waals surface area (Å²) in [5.41, 5.74) is -4.24. The summed E-state index contributed by atoms with van der Waals surface area (Å²) in [5, 5.41) is 4.28. The van der Waals surface area contributed by atoms with Crippen LogP contribution in [0, 0.1) is 0 Å². The van der Waals surface area contributed by atoms with Crippen LogP contribution < -0.4 is 5.32 Å². The minimum Gasteiger partial charge on any atom is -0.452 e.